The number of nitrogens with one attached hydrogen (secondary N) is 1. The van der Waals surface area contributed by atoms with Crippen LogP contribution in [0.15, 0.2) is 35.2 Å². The van der Waals surface area contributed by atoms with Crippen LogP contribution in [0.4, 0.5) is 0 Å². The predicted octanol–water partition coefficient (Wildman–Crippen LogP) is 2.31. The van der Waals surface area contributed by atoms with Crippen LogP contribution in [0, 0.1) is 19.8 Å². The van der Waals surface area contributed by atoms with E-state index < -0.39 is 10.0 Å². The molecule has 1 N–H and O–H groups in total. The highest BCUT2D eigenvalue weighted by Crippen LogP contribution is 2.28. The molecule has 2 aromatic rings. The van der Waals surface area contributed by atoms with E-state index in [1.54, 1.807) is 13.8 Å². The van der Waals surface area contributed by atoms with Crippen LogP contribution in [-0.4, -0.2) is 41.8 Å². The summed E-state index contributed by atoms with van der Waals surface area (Å²) in [6.07, 6.45) is 1.09. The average molecular weight is 347 g/mol. The van der Waals surface area contributed by atoms with E-state index in [0.717, 1.165) is 0 Å². The molecule has 24 heavy (non-hydrogen) atoms. The molecule has 0 atom stereocenters. The van der Waals surface area contributed by atoms with Crippen molar-refractivity contribution in [3.8, 4) is 0 Å². The first-order valence-electron chi connectivity index (χ1n) is 8.02. The number of aryl methyl sites for hydroxylation is 2. The van der Waals surface area contributed by atoms with Gasteiger partial charge in [0.05, 0.1) is 11.4 Å². The van der Waals surface area contributed by atoms with E-state index in [1.807, 2.05) is 30.3 Å². The van der Waals surface area contributed by atoms with Crippen molar-refractivity contribution >= 4 is 15.8 Å². The molecule has 128 valence electrons. The molecule has 0 spiro atoms. The number of benzene rings is 1. The van der Waals surface area contributed by atoms with Crippen molar-refractivity contribution in [1.82, 2.24) is 14.5 Å². The Morgan fingerprint density at radius 1 is 1.17 bits per heavy atom. The lowest BCUT2D eigenvalue weighted by atomic mass is 9.90. The monoisotopic (exact) mass is 347 g/mol. The summed E-state index contributed by atoms with van der Waals surface area (Å²) < 4.78 is 27.1. The quantitative estimate of drug-likeness (QED) is 0.860. The van der Waals surface area contributed by atoms with E-state index in [-0.39, 0.29) is 16.6 Å². The molecular formula is C17H21N3O3S. The van der Waals surface area contributed by atoms with E-state index in [1.165, 1.54) is 4.31 Å². The third-order valence-corrected chi connectivity index (χ3v) is 6.70. The largest absolute Gasteiger partial charge is 0.294 e. The number of aromatic amines is 1. The molecule has 1 aliphatic rings. The van der Waals surface area contributed by atoms with Gasteiger partial charge in [-0.1, -0.05) is 30.3 Å². The van der Waals surface area contributed by atoms with Crippen LogP contribution in [0.2, 0.25) is 0 Å². The lowest BCUT2D eigenvalue weighted by Gasteiger charge is -2.30. The number of aromatic nitrogens is 2. The maximum absolute atomic E-state index is 12.8. The topological polar surface area (TPSA) is 83.1 Å². The van der Waals surface area contributed by atoms with Crippen LogP contribution in [0.3, 0.4) is 0 Å². The second-order valence-corrected chi connectivity index (χ2v) is 8.05. The minimum Gasteiger partial charge on any atom is -0.294 e. The zero-order valence-electron chi connectivity index (χ0n) is 13.8. The number of hydrogen-bond acceptors (Lipinski definition) is 4. The highest BCUT2D eigenvalue weighted by molar-refractivity contribution is 7.89. The molecular weight excluding hydrogens is 326 g/mol. The first-order valence-corrected chi connectivity index (χ1v) is 9.46. The van der Waals surface area contributed by atoms with Gasteiger partial charge in [-0.15, -0.1) is 0 Å². The van der Waals surface area contributed by atoms with Gasteiger partial charge in [0, 0.05) is 24.6 Å². The lowest BCUT2D eigenvalue weighted by molar-refractivity contribution is 0.0875. The van der Waals surface area contributed by atoms with Crippen LogP contribution in [0.25, 0.3) is 0 Å². The minimum atomic E-state index is -3.57. The summed E-state index contributed by atoms with van der Waals surface area (Å²) in [5.41, 5.74) is 1.73. The van der Waals surface area contributed by atoms with Gasteiger partial charge < -0.3 is 0 Å². The fraction of sp³-hybridized carbons (Fsp3) is 0.412. The Morgan fingerprint density at radius 3 is 2.33 bits per heavy atom. The number of piperidine rings is 1. The first kappa shape index (κ1) is 16.9. The lowest BCUT2D eigenvalue weighted by Crippen LogP contribution is -2.40. The van der Waals surface area contributed by atoms with Crippen LogP contribution < -0.4 is 0 Å². The van der Waals surface area contributed by atoms with E-state index in [2.05, 4.69) is 10.2 Å². The third-order valence-electron chi connectivity index (χ3n) is 4.54. The molecule has 7 heteroatoms. The highest BCUT2D eigenvalue weighted by atomic mass is 32.2. The summed E-state index contributed by atoms with van der Waals surface area (Å²) >= 11 is 0. The number of carbonyl (C=O) groups excluding carboxylic acids is 1. The summed E-state index contributed by atoms with van der Waals surface area (Å²) in [4.78, 5) is 12.8. The smallest absolute Gasteiger partial charge is 0.246 e. The van der Waals surface area contributed by atoms with E-state index >= 15 is 0 Å². The Labute approximate surface area is 141 Å². The minimum absolute atomic E-state index is 0.100. The number of sulfonamides is 1. The van der Waals surface area contributed by atoms with Gasteiger partial charge in [-0.3, -0.25) is 9.89 Å². The molecule has 0 bridgehead atoms. The van der Waals surface area contributed by atoms with Gasteiger partial charge in [-0.25, -0.2) is 8.42 Å². The number of nitrogens with zero attached hydrogens (tertiary/aromatic N) is 2. The second kappa shape index (κ2) is 6.49. The third kappa shape index (κ3) is 3.01. The fourth-order valence-electron chi connectivity index (χ4n) is 3.25. The molecule has 1 aliphatic heterocycles. The van der Waals surface area contributed by atoms with Crippen molar-refractivity contribution in [3.05, 3.63) is 47.3 Å². The van der Waals surface area contributed by atoms with Crippen molar-refractivity contribution in [2.45, 2.75) is 31.6 Å². The van der Waals surface area contributed by atoms with E-state index in [9.17, 15) is 13.2 Å². The maximum Gasteiger partial charge on any atom is 0.246 e. The second-order valence-electron chi connectivity index (χ2n) is 6.17. The normalized spacial score (nSPS) is 17.1. The molecule has 0 radical (unpaired) electrons. The molecule has 0 unspecified atom stereocenters. The number of ketones is 1. The number of Topliss-reactive ketones (excluding diaryl/α,β-unsaturated/α-hetero) is 1. The van der Waals surface area contributed by atoms with Crippen LogP contribution >= 0.6 is 0 Å². The number of rotatable bonds is 4. The Morgan fingerprint density at radius 2 is 1.79 bits per heavy atom. The van der Waals surface area contributed by atoms with E-state index in [4.69, 9.17) is 0 Å². The van der Waals surface area contributed by atoms with Gasteiger partial charge in [-0.2, -0.15) is 9.40 Å². The molecule has 6 nitrogen and oxygen atoms in total. The van der Waals surface area contributed by atoms with Gasteiger partial charge in [0.25, 0.3) is 0 Å². The van der Waals surface area contributed by atoms with Crippen LogP contribution in [-0.2, 0) is 10.0 Å². The molecule has 1 saturated heterocycles. The van der Waals surface area contributed by atoms with Crippen LogP contribution in [0.1, 0.15) is 34.6 Å². The van der Waals surface area contributed by atoms with Crippen molar-refractivity contribution in [3.63, 3.8) is 0 Å². The highest BCUT2D eigenvalue weighted by Gasteiger charge is 2.34. The summed E-state index contributed by atoms with van der Waals surface area (Å²) in [5.74, 6) is -0.0197. The average Bonchev–Trinajstić information content (AvgIpc) is 2.94. The molecule has 3 rings (SSSR count). The molecule has 1 aromatic carbocycles. The Bertz CT molecular complexity index is 816. The SMILES string of the molecule is Cc1n[nH]c(C)c1S(=O)(=O)N1CCC(C(=O)c2ccccc2)CC1. The molecule has 0 amide bonds. The number of H-pyrrole nitrogens is 1. The molecule has 1 aromatic heterocycles. The van der Waals surface area contributed by atoms with Gasteiger partial charge >= 0.3 is 0 Å². The Hall–Kier alpha value is -1.99. The molecule has 0 saturated carbocycles. The maximum atomic E-state index is 12.8. The standard InChI is InChI=1S/C17H21N3O3S/c1-12-17(13(2)19-18-12)24(22,23)20-10-8-15(9-11-20)16(21)14-6-4-3-5-7-14/h3-7,15H,8-11H2,1-2H3,(H,18,19). The van der Waals surface area contributed by atoms with Gasteiger partial charge in [0.1, 0.15) is 4.90 Å². The summed E-state index contributed by atoms with van der Waals surface area (Å²) in [6, 6.07) is 9.18. The fourth-order valence-corrected chi connectivity index (χ4v) is 5.05. The van der Waals surface area contributed by atoms with Gasteiger partial charge in [0.2, 0.25) is 10.0 Å². The molecule has 1 fully saturated rings. The summed E-state index contributed by atoms with van der Waals surface area (Å²) in [5, 5.41) is 6.70. The van der Waals surface area contributed by atoms with Gasteiger partial charge in [0.15, 0.2) is 5.78 Å². The Kier molecular flexibility index (Phi) is 4.56. The van der Waals surface area contributed by atoms with Crippen molar-refractivity contribution in [2.75, 3.05) is 13.1 Å². The predicted molar refractivity (Wildman–Crippen MR) is 90.3 cm³/mol. The number of carbonyl (C=O) groups is 1. The van der Waals surface area contributed by atoms with E-state index in [0.29, 0.717) is 42.9 Å². The molecule has 0 aliphatic carbocycles. The van der Waals surface area contributed by atoms with Gasteiger partial charge in [-0.05, 0) is 26.7 Å². The van der Waals surface area contributed by atoms with Crippen molar-refractivity contribution in [2.24, 2.45) is 5.92 Å². The van der Waals surface area contributed by atoms with Crippen LogP contribution in [0.5, 0.6) is 0 Å². The molecule has 2 heterocycles. The zero-order chi connectivity index (χ0) is 17.3. The Balaban J connectivity index is 1.72. The van der Waals surface area contributed by atoms with Crippen molar-refractivity contribution in [1.29, 1.82) is 0 Å². The first-order chi connectivity index (χ1) is 11.4. The summed E-state index contributed by atoms with van der Waals surface area (Å²) in [7, 11) is -3.57. The number of hydrogen-bond donors (Lipinski definition) is 1. The van der Waals surface area contributed by atoms with Crippen molar-refractivity contribution < 1.29 is 13.2 Å². The summed E-state index contributed by atoms with van der Waals surface area (Å²) in [6.45, 7) is 4.10. The zero-order valence-corrected chi connectivity index (χ0v) is 14.6.